The monoisotopic (exact) mass is 383 g/mol. The first-order valence-corrected chi connectivity index (χ1v) is 9.95. The highest BCUT2D eigenvalue weighted by atomic mass is 16.2. The summed E-state index contributed by atoms with van der Waals surface area (Å²) in [6, 6.07) is 4.34. The number of fused-ring (bicyclic) bond motifs is 1. The van der Waals surface area contributed by atoms with Gasteiger partial charge in [0.05, 0.1) is 24.3 Å². The average molecular weight is 383 g/mol. The van der Waals surface area contributed by atoms with Gasteiger partial charge in [-0.3, -0.25) is 14.4 Å². The summed E-state index contributed by atoms with van der Waals surface area (Å²) in [5.74, 6) is -0.203. The van der Waals surface area contributed by atoms with E-state index in [1.807, 2.05) is 13.8 Å². The smallest absolute Gasteiger partial charge is 0.274 e. The molecule has 1 fully saturated rings. The number of hydrogen-bond acceptors (Lipinski definition) is 5. The SMILES string of the molecule is CC(C)n1nc(C(=O)N2CCCC2Cn2nc3c(cc2=O)CCC3)ccc1=O. The van der Waals surface area contributed by atoms with Crippen molar-refractivity contribution in [2.45, 2.75) is 64.6 Å². The van der Waals surface area contributed by atoms with Gasteiger partial charge in [0.15, 0.2) is 0 Å². The maximum absolute atomic E-state index is 13.0. The topological polar surface area (TPSA) is 90.1 Å². The molecule has 0 radical (unpaired) electrons. The van der Waals surface area contributed by atoms with E-state index in [9.17, 15) is 14.4 Å². The minimum Gasteiger partial charge on any atom is -0.332 e. The lowest BCUT2D eigenvalue weighted by molar-refractivity contribution is 0.0711. The van der Waals surface area contributed by atoms with Gasteiger partial charge in [-0.15, -0.1) is 0 Å². The van der Waals surface area contributed by atoms with Crippen LogP contribution in [-0.2, 0) is 19.4 Å². The molecular weight excluding hydrogens is 358 g/mol. The van der Waals surface area contributed by atoms with Gasteiger partial charge in [0.25, 0.3) is 17.0 Å². The van der Waals surface area contributed by atoms with Crippen molar-refractivity contribution in [3.05, 3.63) is 55.9 Å². The Morgan fingerprint density at radius 1 is 1.14 bits per heavy atom. The number of amides is 1. The van der Waals surface area contributed by atoms with Gasteiger partial charge in [0, 0.05) is 18.7 Å². The van der Waals surface area contributed by atoms with Crippen LogP contribution in [0.1, 0.15) is 60.9 Å². The molecule has 3 heterocycles. The van der Waals surface area contributed by atoms with E-state index in [1.165, 1.54) is 21.5 Å². The number of carbonyl (C=O) groups is 1. The van der Waals surface area contributed by atoms with E-state index >= 15 is 0 Å². The molecule has 148 valence electrons. The molecule has 2 aromatic rings. The summed E-state index contributed by atoms with van der Waals surface area (Å²) in [5, 5.41) is 8.79. The fraction of sp³-hybridized carbons (Fsp3) is 0.550. The number of nitrogens with zero attached hydrogens (tertiary/aromatic N) is 5. The molecule has 0 aromatic carbocycles. The summed E-state index contributed by atoms with van der Waals surface area (Å²) in [6.07, 6.45) is 4.56. The molecule has 8 nitrogen and oxygen atoms in total. The molecule has 28 heavy (non-hydrogen) atoms. The standard InChI is InChI=1S/C20H25N5O3/c1-13(2)25-18(26)9-8-17(22-25)20(28)23-10-4-6-15(23)12-24-19(27)11-14-5-3-7-16(14)21-24/h8-9,11,13,15H,3-7,10,12H2,1-2H3. The zero-order valence-electron chi connectivity index (χ0n) is 16.3. The van der Waals surface area contributed by atoms with Crippen molar-refractivity contribution in [3.8, 4) is 0 Å². The van der Waals surface area contributed by atoms with Crippen molar-refractivity contribution in [1.82, 2.24) is 24.5 Å². The number of aryl methyl sites for hydroxylation is 2. The largest absolute Gasteiger partial charge is 0.332 e. The van der Waals surface area contributed by atoms with E-state index in [-0.39, 0.29) is 34.8 Å². The normalized spacial score (nSPS) is 18.7. The zero-order chi connectivity index (χ0) is 19.8. The molecular formula is C20H25N5O3. The van der Waals surface area contributed by atoms with Crippen LogP contribution >= 0.6 is 0 Å². The Bertz CT molecular complexity index is 1020. The number of aromatic nitrogens is 4. The molecule has 0 bridgehead atoms. The Labute approximate surface area is 162 Å². The zero-order valence-corrected chi connectivity index (χ0v) is 16.3. The lowest BCUT2D eigenvalue weighted by Crippen LogP contribution is -2.41. The lowest BCUT2D eigenvalue weighted by Gasteiger charge is -2.25. The molecule has 2 aliphatic rings. The van der Waals surface area contributed by atoms with E-state index in [4.69, 9.17) is 0 Å². The van der Waals surface area contributed by atoms with Crippen molar-refractivity contribution in [1.29, 1.82) is 0 Å². The highest BCUT2D eigenvalue weighted by Gasteiger charge is 2.31. The molecule has 1 amide bonds. The maximum atomic E-state index is 13.0. The minimum absolute atomic E-state index is 0.0987. The van der Waals surface area contributed by atoms with E-state index in [2.05, 4.69) is 10.2 Å². The third-order valence-electron chi connectivity index (χ3n) is 5.58. The van der Waals surface area contributed by atoms with Gasteiger partial charge in [0.2, 0.25) is 0 Å². The molecule has 1 aliphatic heterocycles. The predicted molar refractivity (Wildman–Crippen MR) is 103 cm³/mol. The quantitative estimate of drug-likeness (QED) is 0.791. The molecule has 4 rings (SSSR count). The van der Waals surface area contributed by atoms with Crippen LogP contribution in [0.25, 0.3) is 0 Å². The Morgan fingerprint density at radius 2 is 1.96 bits per heavy atom. The number of rotatable bonds is 4. The molecule has 1 saturated heterocycles. The summed E-state index contributed by atoms with van der Waals surface area (Å²) in [6.45, 7) is 4.72. The van der Waals surface area contributed by atoms with Crippen LogP contribution in [0.2, 0.25) is 0 Å². The first-order chi connectivity index (χ1) is 13.4. The highest BCUT2D eigenvalue weighted by Crippen LogP contribution is 2.22. The first kappa shape index (κ1) is 18.6. The van der Waals surface area contributed by atoms with Gasteiger partial charge in [-0.25, -0.2) is 9.36 Å². The molecule has 1 unspecified atom stereocenters. The van der Waals surface area contributed by atoms with Crippen molar-refractivity contribution < 1.29 is 4.79 Å². The summed E-state index contributed by atoms with van der Waals surface area (Å²) in [5.41, 5.74) is 1.99. The second-order valence-electron chi connectivity index (χ2n) is 7.88. The minimum atomic E-state index is -0.224. The van der Waals surface area contributed by atoms with Gasteiger partial charge in [-0.1, -0.05) is 0 Å². The molecule has 1 aliphatic carbocycles. The molecule has 0 spiro atoms. The van der Waals surface area contributed by atoms with Crippen LogP contribution in [0.4, 0.5) is 0 Å². The predicted octanol–water partition coefficient (Wildman–Crippen LogP) is 1.17. The number of carbonyl (C=O) groups excluding carboxylic acids is 1. The van der Waals surface area contributed by atoms with Crippen molar-refractivity contribution in [2.24, 2.45) is 0 Å². The number of likely N-dealkylation sites (tertiary alicyclic amines) is 1. The van der Waals surface area contributed by atoms with Crippen LogP contribution < -0.4 is 11.1 Å². The van der Waals surface area contributed by atoms with Crippen LogP contribution in [0.3, 0.4) is 0 Å². The van der Waals surface area contributed by atoms with E-state index < -0.39 is 0 Å². The van der Waals surface area contributed by atoms with Crippen LogP contribution in [0.5, 0.6) is 0 Å². The number of hydrogen-bond donors (Lipinski definition) is 0. The van der Waals surface area contributed by atoms with Crippen LogP contribution in [0.15, 0.2) is 27.8 Å². The molecule has 1 atom stereocenters. The second kappa shape index (κ2) is 7.33. The van der Waals surface area contributed by atoms with E-state index in [0.717, 1.165) is 43.4 Å². The molecule has 0 N–H and O–H groups in total. The van der Waals surface area contributed by atoms with Gasteiger partial charge < -0.3 is 4.90 Å². The first-order valence-electron chi connectivity index (χ1n) is 9.95. The molecule has 2 aromatic heterocycles. The summed E-state index contributed by atoms with van der Waals surface area (Å²) in [7, 11) is 0. The van der Waals surface area contributed by atoms with Crippen molar-refractivity contribution in [2.75, 3.05) is 6.54 Å². The summed E-state index contributed by atoms with van der Waals surface area (Å²) < 4.78 is 2.83. The van der Waals surface area contributed by atoms with E-state index in [1.54, 1.807) is 11.0 Å². The lowest BCUT2D eigenvalue weighted by atomic mass is 10.2. The Kier molecular flexibility index (Phi) is 4.87. The van der Waals surface area contributed by atoms with Gasteiger partial charge in [-0.2, -0.15) is 10.2 Å². The summed E-state index contributed by atoms with van der Waals surface area (Å²) >= 11 is 0. The Balaban J connectivity index is 1.57. The highest BCUT2D eigenvalue weighted by molar-refractivity contribution is 5.92. The Morgan fingerprint density at radius 3 is 2.75 bits per heavy atom. The van der Waals surface area contributed by atoms with Crippen molar-refractivity contribution in [3.63, 3.8) is 0 Å². The molecule has 0 saturated carbocycles. The second-order valence-corrected chi connectivity index (χ2v) is 7.88. The fourth-order valence-corrected chi connectivity index (χ4v) is 4.12. The third kappa shape index (κ3) is 3.39. The van der Waals surface area contributed by atoms with Gasteiger partial charge >= 0.3 is 0 Å². The maximum Gasteiger partial charge on any atom is 0.274 e. The Hall–Kier alpha value is -2.77. The van der Waals surface area contributed by atoms with E-state index in [0.29, 0.717) is 13.1 Å². The van der Waals surface area contributed by atoms with Crippen LogP contribution in [-0.4, -0.2) is 43.0 Å². The summed E-state index contributed by atoms with van der Waals surface area (Å²) in [4.78, 5) is 39.1. The van der Waals surface area contributed by atoms with Crippen LogP contribution in [0, 0.1) is 0 Å². The average Bonchev–Trinajstić information content (AvgIpc) is 3.30. The van der Waals surface area contributed by atoms with Gasteiger partial charge in [0.1, 0.15) is 5.69 Å². The van der Waals surface area contributed by atoms with Gasteiger partial charge in [-0.05, 0) is 57.6 Å². The third-order valence-corrected chi connectivity index (χ3v) is 5.58. The fourth-order valence-electron chi connectivity index (χ4n) is 4.12. The van der Waals surface area contributed by atoms with Crippen molar-refractivity contribution >= 4 is 5.91 Å². The molecule has 8 heteroatoms.